The number of nitrogens with one attached hydrogen (secondary N) is 2. The standard InChI is InChI=1S/C16H24N6/c1-5-22-11-20-21-15(22)10-19-16(17-4)18-9-14-7-6-12(2)8-13(14)3/h6-8,11H,5,9-10H2,1-4H3,(H2,17,18,19). The molecule has 0 bridgehead atoms. The molecule has 1 aromatic heterocycles. The van der Waals surface area contributed by atoms with Crippen LogP contribution in [0.3, 0.4) is 0 Å². The number of aromatic nitrogens is 3. The van der Waals surface area contributed by atoms with E-state index >= 15 is 0 Å². The Morgan fingerprint density at radius 3 is 2.68 bits per heavy atom. The number of benzene rings is 1. The van der Waals surface area contributed by atoms with Crippen LogP contribution in [0, 0.1) is 13.8 Å². The molecule has 0 aliphatic carbocycles. The Morgan fingerprint density at radius 1 is 1.23 bits per heavy atom. The summed E-state index contributed by atoms with van der Waals surface area (Å²) >= 11 is 0. The summed E-state index contributed by atoms with van der Waals surface area (Å²) in [5.74, 6) is 1.66. The Kier molecular flexibility index (Phi) is 5.52. The van der Waals surface area contributed by atoms with Crippen molar-refractivity contribution in [3.8, 4) is 0 Å². The minimum atomic E-state index is 0.598. The van der Waals surface area contributed by atoms with Crippen LogP contribution < -0.4 is 10.6 Å². The van der Waals surface area contributed by atoms with E-state index < -0.39 is 0 Å². The minimum Gasteiger partial charge on any atom is -0.352 e. The Morgan fingerprint density at radius 2 is 2.00 bits per heavy atom. The first-order chi connectivity index (χ1) is 10.6. The van der Waals surface area contributed by atoms with Crippen molar-refractivity contribution in [1.82, 2.24) is 25.4 Å². The maximum Gasteiger partial charge on any atom is 0.191 e. The summed E-state index contributed by atoms with van der Waals surface area (Å²) in [6.45, 7) is 8.50. The third-order valence-corrected chi connectivity index (χ3v) is 3.62. The highest BCUT2D eigenvalue weighted by Gasteiger charge is 2.05. The monoisotopic (exact) mass is 300 g/mol. The molecule has 0 unspecified atom stereocenters. The van der Waals surface area contributed by atoms with E-state index in [1.807, 2.05) is 4.57 Å². The molecule has 0 amide bonds. The zero-order chi connectivity index (χ0) is 15.9. The molecule has 1 heterocycles. The first-order valence-electron chi connectivity index (χ1n) is 7.51. The topological polar surface area (TPSA) is 67.1 Å². The summed E-state index contributed by atoms with van der Waals surface area (Å²) < 4.78 is 2.00. The Balaban J connectivity index is 1.90. The molecule has 0 spiro atoms. The number of rotatable bonds is 5. The van der Waals surface area contributed by atoms with E-state index in [-0.39, 0.29) is 0 Å². The van der Waals surface area contributed by atoms with Crippen molar-refractivity contribution < 1.29 is 0 Å². The lowest BCUT2D eigenvalue weighted by Gasteiger charge is -2.13. The van der Waals surface area contributed by atoms with Crippen molar-refractivity contribution in [2.24, 2.45) is 4.99 Å². The molecule has 2 rings (SSSR count). The van der Waals surface area contributed by atoms with Gasteiger partial charge >= 0.3 is 0 Å². The predicted molar refractivity (Wildman–Crippen MR) is 88.7 cm³/mol. The number of nitrogens with zero attached hydrogens (tertiary/aromatic N) is 4. The molecule has 0 atom stereocenters. The third-order valence-electron chi connectivity index (χ3n) is 3.62. The molecule has 118 valence electrons. The third kappa shape index (κ3) is 4.07. The van der Waals surface area contributed by atoms with Gasteiger partial charge < -0.3 is 15.2 Å². The maximum absolute atomic E-state index is 4.24. The molecule has 0 saturated heterocycles. The molecular weight excluding hydrogens is 276 g/mol. The van der Waals surface area contributed by atoms with Crippen LogP contribution in [0.15, 0.2) is 29.5 Å². The van der Waals surface area contributed by atoms with Crippen molar-refractivity contribution in [1.29, 1.82) is 0 Å². The molecular formula is C16H24N6. The van der Waals surface area contributed by atoms with Gasteiger partial charge in [-0.2, -0.15) is 0 Å². The van der Waals surface area contributed by atoms with E-state index in [9.17, 15) is 0 Å². The summed E-state index contributed by atoms with van der Waals surface area (Å²) in [5.41, 5.74) is 3.83. The maximum atomic E-state index is 4.24. The summed E-state index contributed by atoms with van der Waals surface area (Å²) in [6.07, 6.45) is 1.74. The number of aliphatic imine (C=N–C) groups is 1. The lowest BCUT2D eigenvalue weighted by molar-refractivity contribution is 0.669. The van der Waals surface area contributed by atoms with Crippen LogP contribution in [-0.2, 0) is 19.6 Å². The minimum absolute atomic E-state index is 0.598. The van der Waals surface area contributed by atoms with Crippen LogP contribution in [0.4, 0.5) is 0 Å². The van der Waals surface area contributed by atoms with Crippen molar-refractivity contribution >= 4 is 5.96 Å². The quantitative estimate of drug-likeness (QED) is 0.652. The first-order valence-corrected chi connectivity index (χ1v) is 7.51. The van der Waals surface area contributed by atoms with Gasteiger partial charge in [-0.3, -0.25) is 4.99 Å². The first kappa shape index (κ1) is 16.0. The van der Waals surface area contributed by atoms with Gasteiger partial charge in [0.05, 0.1) is 6.54 Å². The molecule has 0 saturated carbocycles. The summed E-state index contributed by atoms with van der Waals surface area (Å²) in [5, 5.41) is 14.6. The lowest BCUT2D eigenvalue weighted by atomic mass is 10.1. The number of hydrogen-bond acceptors (Lipinski definition) is 3. The number of hydrogen-bond donors (Lipinski definition) is 2. The van der Waals surface area contributed by atoms with Gasteiger partial charge in [0.2, 0.25) is 0 Å². The average molecular weight is 300 g/mol. The van der Waals surface area contributed by atoms with Gasteiger partial charge in [0.1, 0.15) is 6.33 Å². The smallest absolute Gasteiger partial charge is 0.191 e. The second-order valence-corrected chi connectivity index (χ2v) is 5.24. The molecule has 6 nitrogen and oxygen atoms in total. The zero-order valence-electron chi connectivity index (χ0n) is 13.7. The highest BCUT2D eigenvalue weighted by molar-refractivity contribution is 5.79. The van der Waals surface area contributed by atoms with Crippen LogP contribution in [0.5, 0.6) is 0 Å². The van der Waals surface area contributed by atoms with Gasteiger partial charge in [0.15, 0.2) is 11.8 Å². The van der Waals surface area contributed by atoms with E-state index in [4.69, 9.17) is 0 Å². The van der Waals surface area contributed by atoms with Gasteiger partial charge in [0.25, 0.3) is 0 Å². The van der Waals surface area contributed by atoms with Crippen molar-refractivity contribution in [2.75, 3.05) is 7.05 Å². The average Bonchev–Trinajstić information content (AvgIpc) is 2.96. The zero-order valence-corrected chi connectivity index (χ0v) is 13.7. The molecule has 6 heteroatoms. The molecule has 0 fully saturated rings. The van der Waals surface area contributed by atoms with E-state index in [2.05, 4.69) is 64.8 Å². The van der Waals surface area contributed by atoms with Crippen LogP contribution in [0.25, 0.3) is 0 Å². The van der Waals surface area contributed by atoms with Gasteiger partial charge in [-0.25, -0.2) is 0 Å². The molecule has 0 aliphatic rings. The molecule has 1 aromatic carbocycles. The van der Waals surface area contributed by atoms with E-state index in [0.29, 0.717) is 6.54 Å². The van der Waals surface area contributed by atoms with Gasteiger partial charge in [-0.15, -0.1) is 10.2 Å². The Labute approximate surface area is 131 Å². The molecule has 0 radical (unpaired) electrons. The highest BCUT2D eigenvalue weighted by Crippen LogP contribution is 2.09. The van der Waals surface area contributed by atoms with Crippen molar-refractivity contribution in [2.45, 2.75) is 40.4 Å². The fourth-order valence-corrected chi connectivity index (χ4v) is 2.29. The Bertz CT molecular complexity index is 644. The summed E-state index contributed by atoms with van der Waals surface area (Å²) in [4.78, 5) is 4.24. The Hall–Kier alpha value is -2.37. The lowest BCUT2D eigenvalue weighted by Crippen LogP contribution is -2.37. The van der Waals surface area contributed by atoms with Crippen LogP contribution >= 0.6 is 0 Å². The van der Waals surface area contributed by atoms with Crippen molar-refractivity contribution in [3.05, 3.63) is 47.0 Å². The fourth-order valence-electron chi connectivity index (χ4n) is 2.29. The largest absolute Gasteiger partial charge is 0.352 e. The SMILES string of the molecule is CCn1cnnc1CNC(=NC)NCc1ccc(C)cc1C. The highest BCUT2D eigenvalue weighted by atomic mass is 15.3. The summed E-state index contributed by atoms with van der Waals surface area (Å²) in [7, 11) is 1.77. The molecule has 2 N–H and O–H groups in total. The van der Waals surface area contributed by atoms with Crippen LogP contribution in [-0.4, -0.2) is 27.8 Å². The van der Waals surface area contributed by atoms with Gasteiger partial charge in [-0.1, -0.05) is 23.8 Å². The van der Waals surface area contributed by atoms with E-state index in [0.717, 1.165) is 24.9 Å². The second kappa shape index (κ2) is 7.59. The van der Waals surface area contributed by atoms with E-state index in [1.165, 1.54) is 16.7 Å². The normalized spacial score (nSPS) is 11.5. The fraction of sp³-hybridized carbons (Fsp3) is 0.438. The number of aryl methyl sites for hydroxylation is 3. The van der Waals surface area contributed by atoms with Gasteiger partial charge in [-0.05, 0) is 31.9 Å². The predicted octanol–water partition coefficient (Wildman–Crippen LogP) is 1.78. The van der Waals surface area contributed by atoms with Gasteiger partial charge in [0, 0.05) is 20.1 Å². The molecule has 22 heavy (non-hydrogen) atoms. The van der Waals surface area contributed by atoms with Crippen LogP contribution in [0.2, 0.25) is 0 Å². The summed E-state index contributed by atoms with van der Waals surface area (Å²) in [6, 6.07) is 6.47. The molecule has 0 aliphatic heterocycles. The van der Waals surface area contributed by atoms with E-state index in [1.54, 1.807) is 13.4 Å². The number of guanidine groups is 1. The van der Waals surface area contributed by atoms with Crippen molar-refractivity contribution in [3.63, 3.8) is 0 Å². The van der Waals surface area contributed by atoms with Crippen LogP contribution in [0.1, 0.15) is 29.4 Å². The molecule has 2 aromatic rings. The second-order valence-electron chi connectivity index (χ2n) is 5.24.